The van der Waals surface area contributed by atoms with E-state index in [1.165, 1.54) is 17.6 Å². The van der Waals surface area contributed by atoms with Crippen molar-refractivity contribution >= 4 is 23.8 Å². The number of hydrogen-bond donors (Lipinski definition) is 0. The van der Waals surface area contributed by atoms with Gasteiger partial charge in [0.25, 0.3) is 0 Å². The van der Waals surface area contributed by atoms with Gasteiger partial charge in [0.2, 0.25) is 0 Å². The molecule has 1 saturated heterocycles. The molecule has 1 aromatic rings. The second kappa shape index (κ2) is 7.16. The lowest BCUT2D eigenvalue weighted by molar-refractivity contribution is -0.141. The number of methoxy groups -OCH3 is 1. The number of thioether (sulfide) groups is 1. The largest absolute Gasteiger partial charge is 0.468 e. The zero-order valence-corrected chi connectivity index (χ0v) is 11.7. The second-order valence-corrected chi connectivity index (χ2v) is 5.31. The number of nitrogens with zero attached hydrogens (tertiary/aromatic N) is 1. The summed E-state index contributed by atoms with van der Waals surface area (Å²) in [4.78, 5) is 14.5. The summed E-state index contributed by atoms with van der Waals surface area (Å²) in [5.74, 6) is 0.668. The minimum absolute atomic E-state index is 0.179. The molecule has 19 heavy (non-hydrogen) atoms. The number of carbonyl (C=O) groups excluding carboxylic acids is 1. The normalized spacial score (nSPS) is 18.3. The smallest absolute Gasteiger partial charge is 0.319 e. The van der Waals surface area contributed by atoms with Gasteiger partial charge in [0, 0.05) is 17.3 Å². The molecule has 0 bridgehead atoms. The van der Waals surface area contributed by atoms with Crippen molar-refractivity contribution in [1.29, 1.82) is 0 Å². The Kier molecular flexibility index (Phi) is 5.24. The molecule has 0 N–H and O–H groups in total. The van der Waals surface area contributed by atoms with Crippen molar-refractivity contribution in [2.75, 3.05) is 26.1 Å². The molecular formula is C15H17NO2S. The molecule has 100 valence electrons. The third kappa shape index (κ3) is 4.58. The second-order valence-electron chi connectivity index (χ2n) is 4.24. The minimum atomic E-state index is -0.179. The zero-order chi connectivity index (χ0) is 13.5. The van der Waals surface area contributed by atoms with Crippen LogP contribution >= 0.6 is 11.8 Å². The molecule has 0 atom stereocenters. The summed E-state index contributed by atoms with van der Waals surface area (Å²) < 4.78 is 4.66. The van der Waals surface area contributed by atoms with Crippen LogP contribution < -0.4 is 0 Å². The summed E-state index contributed by atoms with van der Waals surface area (Å²) in [6.07, 6.45) is 6.24. The molecule has 0 aliphatic carbocycles. The lowest BCUT2D eigenvalue weighted by Gasteiger charge is -2.10. The Balaban J connectivity index is 1.85. The van der Waals surface area contributed by atoms with E-state index in [0.29, 0.717) is 6.54 Å². The van der Waals surface area contributed by atoms with Crippen molar-refractivity contribution in [3.05, 3.63) is 53.0 Å². The van der Waals surface area contributed by atoms with Gasteiger partial charge in [-0.1, -0.05) is 48.6 Å². The molecule has 1 aliphatic rings. The highest BCUT2D eigenvalue weighted by Crippen LogP contribution is 2.26. The van der Waals surface area contributed by atoms with Gasteiger partial charge in [0.05, 0.1) is 13.7 Å². The molecule has 2 rings (SSSR count). The third-order valence-corrected chi connectivity index (χ3v) is 3.89. The maximum atomic E-state index is 11.2. The van der Waals surface area contributed by atoms with E-state index in [-0.39, 0.29) is 5.97 Å². The first-order chi connectivity index (χ1) is 9.28. The van der Waals surface area contributed by atoms with Gasteiger partial charge in [0.1, 0.15) is 0 Å². The molecule has 1 aliphatic heterocycles. The van der Waals surface area contributed by atoms with Crippen molar-refractivity contribution in [3.63, 3.8) is 0 Å². The molecule has 0 unspecified atom stereocenters. The van der Waals surface area contributed by atoms with Crippen molar-refractivity contribution in [1.82, 2.24) is 4.90 Å². The Bertz CT molecular complexity index is 482. The van der Waals surface area contributed by atoms with Crippen LogP contribution in [0.15, 0.2) is 47.4 Å². The number of allylic oxidation sites excluding steroid dienone is 2. The van der Waals surface area contributed by atoms with E-state index >= 15 is 0 Å². The van der Waals surface area contributed by atoms with Crippen molar-refractivity contribution in [2.24, 2.45) is 0 Å². The van der Waals surface area contributed by atoms with E-state index in [2.05, 4.69) is 40.0 Å². The van der Waals surface area contributed by atoms with Crippen LogP contribution in [-0.2, 0) is 9.53 Å². The summed E-state index contributed by atoms with van der Waals surface area (Å²) in [6.45, 7) is 1.18. The monoisotopic (exact) mass is 275 g/mol. The van der Waals surface area contributed by atoms with Gasteiger partial charge < -0.3 is 4.74 Å². The van der Waals surface area contributed by atoms with Gasteiger partial charge in [-0.05, 0) is 5.56 Å². The fourth-order valence-electron chi connectivity index (χ4n) is 1.77. The average Bonchev–Trinajstić information content (AvgIpc) is 2.87. The van der Waals surface area contributed by atoms with Gasteiger partial charge in [-0.25, -0.2) is 0 Å². The van der Waals surface area contributed by atoms with Crippen molar-refractivity contribution in [3.8, 4) is 0 Å². The predicted molar refractivity (Wildman–Crippen MR) is 79.6 cm³/mol. The van der Waals surface area contributed by atoms with Crippen LogP contribution in [0.25, 0.3) is 6.08 Å². The van der Waals surface area contributed by atoms with Crippen LogP contribution in [0.2, 0.25) is 0 Å². The molecule has 4 heteroatoms. The van der Waals surface area contributed by atoms with Gasteiger partial charge >= 0.3 is 5.97 Å². The van der Waals surface area contributed by atoms with Crippen LogP contribution in [0.4, 0.5) is 0 Å². The Morgan fingerprint density at radius 1 is 1.42 bits per heavy atom. The molecule has 1 fully saturated rings. The van der Waals surface area contributed by atoms with Crippen LogP contribution in [0, 0.1) is 0 Å². The van der Waals surface area contributed by atoms with Gasteiger partial charge in [-0.15, -0.1) is 11.8 Å². The van der Waals surface area contributed by atoms with Crippen molar-refractivity contribution in [2.45, 2.75) is 0 Å². The van der Waals surface area contributed by atoms with E-state index in [1.807, 2.05) is 18.2 Å². The van der Waals surface area contributed by atoms with Crippen LogP contribution in [-0.4, -0.2) is 36.9 Å². The highest BCUT2D eigenvalue weighted by atomic mass is 32.2. The highest BCUT2D eigenvalue weighted by Gasteiger charge is 2.19. The van der Waals surface area contributed by atoms with Crippen LogP contribution in [0.5, 0.6) is 0 Å². The molecule has 0 amide bonds. The van der Waals surface area contributed by atoms with Gasteiger partial charge in [-0.3, -0.25) is 9.69 Å². The average molecular weight is 275 g/mol. The van der Waals surface area contributed by atoms with E-state index in [0.717, 1.165) is 12.4 Å². The summed E-state index contributed by atoms with van der Waals surface area (Å²) in [7, 11) is 1.42. The minimum Gasteiger partial charge on any atom is -0.468 e. The van der Waals surface area contributed by atoms with Gasteiger partial charge in [0.15, 0.2) is 0 Å². The number of carbonyl (C=O) groups is 1. The first kappa shape index (κ1) is 13.9. The van der Waals surface area contributed by atoms with Crippen LogP contribution in [0.1, 0.15) is 5.56 Å². The SMILES string of the molecule is COC(=O)CN1CSC(=CC=Cc2ccccc2)C1. The van der Waals surface area contributed by atoms with Crippen LogP contribution in [0.3, 0.4) is 0 Å². The summed E-state index contributed by atoms with van der Waals surface area (Å²) in [6, 6.07) is 10.2. The lowest BCUT2D eigenvalue weighted by Crippen LogP contribution is -2.27. The Labute approximate surface area is 117 Å². The van der Waals surface area contributed by atoms with Gasteiger partial charge in [-0.2, -0.15) is 0 Å². The lowest BCUT2D eigenvalue weighted by atomic mass is 10.2. The molecule has 1 aromatic carbocycles. The topological polar surface area (TPSA) is 29.5 Å². The Morgan fingerprint density at radius 2 is 2.21 bits per heavy atom. The standard InChI is InChI=1S/C15H17NO2S/c1-18-15(17)11-16-10-14(19-12-16)9-5-8-13-6-3-2-4-7-13/h2-9H,10-12H2,1H3. The maximum absolute atomic E-state index is 11.2. The van der Waals surface area contributed by atoms with Crippen molar-refractivity contribution < 1.29 is 9.53 Å². The summed E-state index contributed by atoms with van der Waals surface area (Å²) >= 11 is 1.77. The van der Waals surface area contributed by atoms with E-state index in [1.54, 1.807) is 11.8 Å². The number of rotatable bonds is 4. The molecule has 0 saturated carbocycles. The molecule has 1 heterocycles. The first-order valence-electron chi connectivity index (χ1n) is 6.12. The van der Waals surface area contributed by atoms with E-state index in [4.69, 9.17) is 0 Å². The fraction of sp³-hybridized carbons (Fsp3) is 0.267. The number of hydrogen-bond acceptors (Lipinski definition) is 4. The summed E-state index contributed by atoms with van der Waals surface area (Å²) in [5.41, 5.74) is 1.19. The third-order valence-electron chi connectivity index (χ3n) is 2.76. The fourth-order valence-corrected chi connectivity index (χ4v) is 2.75. The predicted octanol–water partition coefficient (Wildman–Crippen LogP) is 2.76. The van der Waals surface area contributed by atoms with E-state index in [9.17, 15) is 4.79 Å². The molecule has 0 radical (unpaired) electrons. The molecule has 3 nitrogen and oxygen atoms in total. The Morgan fingerprint density at radius 3 is 2.95 bits per heavy atom. The number of ether oxygens (including phenoxy) is 1. The van der Waals surface area contributed by atoms with E-state index < -0.39 is 0 Å². The number of esters is 1. The maximum Gasteiger partial charge on any atom is 0.319 e. The first-order valence-corrected chi connectivity index (χ1v) is 7.11. The highest BCUT2D eigenvalue weighted by molar-refractivity contribution is 8.03. The molecule has 0 spiro atoms. The molecule has 0 aromatic heterocycles. The molecular weight excluding hydrogens is 258 g/mol. The Hall–Kier alpha value is -1.52. The summed E-state index contributed by atoms with van der Waals surface area (Å²) in [5, 5.41) is 0. The number of benzene rings is 1. The quantitative estimate of drug-likeness (QED) is 0.790. The zero-order valence-electron chi connectivity index (χ0n) is 10.9.